The molecule has 0 radical (unpaired) electrons. The fourth-order valence-corrected chi connectivity index (χ4v) is 3.25. The first-order chi connectivity index (χ1) is 13.3. The number of benzene rings is 2. The van der Waals surface area contributed by atoms with Crippen molar-refractivity contribution in [3.8, 4) is 11.6 Å². The van der Waals surface area contributed by atoms with E-state index < -0.39 is 0 Å². The van der Waals surface area contributed by atoms with Gasteiger partial charge >= 0.3 is 0 Å². The molecule has 0 fully saturated rings. The summed E-state index contributed by atoms with van der Waals surface area (Å²) in [6.45, 7) is 4.05. The van der Waals surface area contributed by atoms with Crippen LogP contribution >= 0.6 is 11.8 Å². The highest BCUT2D eigenvalue weighted by Gasteiger charge is 2.17. The van der Waals surface area contributed by atoms with E-state index in [0.717, 1.165) is 5.56 Å². The molecule has 2 heterocycles. The molecule has 0 N–H and O–H groups in total. The molecule has 134 valence electrons. The minimum absolute atomic E-state index is 0.154. The Bertz CT molecular complexity index is 1150. The average Bonchev–Trinajstić information content (AvgIpc) is 3.18. The quantitative estimate of drug-likeness (QED) is 0.377. The van der Waals surface area contributed by atoms with Crippen LogP contribution in [-0.4, -0.2) is 25.7 Å². The van der Waals surface area contributed by atoms with Crippen LogP contribution < -0.4 is 5.56 Å². The number of hydrogen-bond acceptors (Lipinski definition) is 6. The van der Waals surface area contributed by atoms with Gasteiger partial charge in [0.25, 0.3) is 16.7 Å². The fraction of sp³-hybridized carbons (Fsp3) is 0.100. The van der Waals surface area contributed by atoms with Crippen molar-refractivity contribution in [1.82, 2.24) is 20.0 Å². The van der Waals surface area contributed by atoms with E-state index in [1.807, 2.05) is 48.5 Å². The second kappa shape index (κ2) is 7.59. The number of hydrogen-bond donors (Lipinski definition) is 0. The Morgan fingerprint density at radius 1 is 1.04 bits per heavy atom. The standard InChI is InChI=1S/C20H16N4O2S/c1-2-12-27-20-22-21-18(26-20)17-15-10-6-7-11-16(15)19(25)24(23-17)13-14-8-4-3-5-9-14/h2-11H,1,12-13H2. The van der Waals surface area contributed by atoms with E-state index in [-0.39, 0.29) is 5.56 Å². The molecule has 0 aliphatic carbocycles. The number of aromatic nitrogens is 4. The van der Waals surface area contributed by atoms with Crippen LogP contribution in [0.25, 0.3) is 22.4 Å². The van der Waals surface area contributed by atoms with E-state index in [4.69, 9.17) is 4.42 Å². The van der Waals surface area contributed by atoms with Crippen LogP contribution in [0, 0.1) is 0 Å². The normalized spacial score (nSPS) is 11.0. The first kappa shape index (κ1) is 17.2. The van der Waals surface area contributed by atoms with Crippen molar-refractivity contribution >= 4 is 22.5 Å². The predicted octanol–water partition coefficient (Wildman–Crippen LogP) is 3.77. The smallest absolute Gasteiger partial charge is 0.277 e. The van der Waals surface area contributed by atoms with Crippen LogP contribution in [0.5, 0.6) is 0 Å². The Morgan fingerprint density at radius 2 is 1.78 bits per heavy atom. The average molecular weight is 376 g/mol. The fourth-order valence-electron chi connectivity index (χ4n) is 2.75. The van der Waals surface area contributed by atoms with E-state index in [2.05, 4.69) is 21.9 Å². The van der Waals surface area contributed by atoms with Crippen molar-refractivity contribution in [2.24, 2.45) is 0 Å². The molecule has 0 saturated heterocycles. The summed E-state index contributed by atoms with van der Waals surface area (Å²) < 4.78 is 7.18. The first-order valence-electron chi connectivity index (χ1n) is 8.37. The number of nitrogens with zero attached hydrogens (tertiary/aromatic N) is 4. The Kier molecular flexibility index (Phi) is 4.84. The Labute approximate surface area is 159 Å². The van der Waals surface area contributed by atoms with Gasteiger partial charge in [-0.05, 0) is 11.6 Å². The maximum atomic E-state index is 12.9. The zero-order valence-corrected chi connectivity index (χ0v) is 15.2. The molecular weight excluding hydrogens is 360 g/mol. The number of rotatable bonds is 6. The zero-order valence-electron chi connectivity index (χ0n) is 14.4. The van der Waals surface area contributed by atoms with E-state index in [1.54, 1.807) is 12.1 Å². The molecular formula is C20H16N4O2S. The molecule has 0 saturated carbocycles. The summed E-state index contributed by atoms with van der Waals surface area (Å²) >= 11 is 1.40. The van der Waals surface area contributed by atoms with Crippen LogP contribution in [0.4, 0.5) is 0 Å². The minimum atomic E-state index is -0.154. The third kappa shape index (κ3) is 3.54. The molecule has 0 aliphatic rings. The minimum Gasteiger partial charge on any atom is -0.409 e. The van der Waals surface area contributed by atoms with Gasteiger partial charge in [-0.15, -0.1) is 16.8 Å². The largest absolute Gasteiger partial charge is 0.409 e. The highest BCUT2D eigenvalue weighted by Crippen LogP contribution is 2.26. The topological polar surface area (TPSA) is 73.8 Å². The van der Waals surface area contributed by atoms with E-state index in [0.29, 0.717) is 39.9 Å². The van der Waals surface area contributed by atoms with Crippen LogP contribution in [0.2, 0.25) is 0 Å². The van der Waals surface area contributed by atoms with Crippen LogP contribution in [0.15, 0.2) is 81.7 Å². The van der Waals surface area contributed by atoms with Crippen molar-refractivity contribution < 1.29 is 4.42 Å². The van der Waals surface area contributed by atoms with Gasteiger partial charge in [0.2, 0.25) is 0 Å². The molecule has 4 rings (SSSR count). The summed E-state index contributed by atoms with van der Waals surface area (Å²) in [4.78, 5) is 12.9. The SMILES string of the molecule is C=CCSc1nnc(-c2nn(Cc3ccccc3)c(=O)c3ccccc23)o1. The molecule has 0 bridgehead atoms. The van der Waals surface area contributed by atoms with E-state index in [1.165, 1.54) is 16.4 Å². The second-order valence-electron chi connectivity index (χ2n) is 5.82. The van der Waals surface area contributed by atoms with Gasteiger partial charge in [0, 0.05) is 11.1 Å². The van der Waals surface area contributed by atoms with Gasteiger partial charge in [0.1, 0.15) is 0 Å². The van der Waals surface area contributed by atoms with Gasteiger partial charge in [0.05, 0.1) is 11.9 Å². The molecule has 0 spiro atoms. The lowest BCUT2D eigenvalue weighted by atomic mass is 10.1. The number of fused-ring (bicyclic) bond motifs is 1. The first-order valence-corrected chi connectivity index (χ1v) is 9.36. The van der Waals surface area contributed by atoms with Gasteiger partial charge in [-0.1, -0.05) is 66.4 Å². The molecule has 0 aliphatic heterocycles. The van der Waals surface area contributed by atoms with Crippen LogP contribution in [0.1, 0.15) is 5.56 Å². The highest BCUT2D eigenvalue weighted by atomic mass is 32.2. The summed E-state index contributed by atoms with van der Waals surface area (Å²) in [6, 6.07) is 17.0. The summed E-state index contributed by atoms with van der Waals surface area (Å²) in [5, 5.41) is 14.4. The summed E-state index contributed by atoms with van der Waals surface area (Å²) in [5.74, 6) is 0.961. The molecule has 0 atom stereocenters. The molecule has 0 unspecified atom stereocenters. The second-order valence-corrected chi connectivity index (χ2v) is 6.79. The van der Waals surface area contributed by atoms with Gasteiger partial charge in [0.15, 0.2) is 5.69 Å². The molecule has 7 heteroatoms. The third-order valence-electron chi connectivity index (χ3n) is 3.98. The van der Waals surface area contributed by atoms with Crippen molar-refractivity contribution in [3.05, 3.63) is 83.2 Å². The lowest BCUT2D eigenvalue weighted by molar-refractivity contribution is 0.463. The molecule has 0 amide bonds. The van der Waals surface area contributed by atoms with Crippen molar-refractivity contribution in [2.45, 2.75) is 11.8 Å². The van der Waals surface area contributed by atoms with Gasteiger partial charge in [-0.3, -0.25) is 4.79 Å². The van der Waals surface area contributed by atoms with E-state index in [9.17, 15) is 4.79 Å². The lowest BCUT2D eigenvalue weighted by Crippen LogP contribution is -2.24. The Morgan fingerprint density at radius 3 is 2.56 bits per heavy atom. The highest BCUT2D eigenvalue weighted by molar-refractivity contribution is 7.99. The van der Waals surface area contributed by atoms with Crippen LogP contribution in [-0.2, 0) is 6.54 Å². The molecule has 2 aromatic carbocycles. The maximum absolute atomic E-state index is 12.9. The predicted molar refractivity (Wildman–Crippen MR) is 106 cm³/mol. The van der Waals surface area contributed by atoms with Gasteiger partial charge in [-0.25, -0.2) is 4.68 Å². The maximum Gasteiger partial charge on any atom is 0.277 e. The van der Waals surface area contributed by atoms with Crippen molar-refractivity contribution in [1.29, 1.82) is 0 Å². The molecule has 6 nitrogen and oxygen atoms in total. The lowest BCUT2D eigenvalue weighted by Gasteiger charge is -2.09. The monoisotopic (exact) mass is 376 g/mol. The summed E-state index contributed by atoms with van der Waals surface area (Å²) in [7, 11) is 0. The van der Waals surface area contributed by atoms with Gasteiger partial charge < -0.3 is 4.42 Å². The molecule has 4 aromatic rings. The third-order valence-corrected chi connectivity index (χ3v) is 4.79. The van der Waals surface area contributed by atoms with E-state index >= 15 is 0 Å². The van der Waals surface area contributed by atoms with Crippen molar-refractivity contribution in [3.63, 3.8) is 0 Å². The van der Waals surface area contributed by atoms with Crippen molar-refractivity contribution in [2.75, 3.05) is 5.75 Å². The Balaban J connectivity index is 1.84. The zero-order chi connectivity index (χ0) is 18.6. The summed E-state index contributed by atoms with van der Waals surface area (Å²) in [6.07, 6.45) is 1.77. The Hall–Kier alpha value is -3.19. The van der Waals surface area contributed by atoms with Crippen LogP contribution in [0.3, 0.4) is 0 Å². The number of thioether (sulfide) groups is 1. The molecule has 2 aromatic heterocycles. The summed E-state index contributed by atoms with van der Waals surface area (Å²) in [5.41, 5.74) is 1.33. The van der Waals surface area contributed by atoms with Gasteiger partial charge in [-0.2, -0.15) is 5.10 Å². The molecule has 27 heavy (non-hydrogen) atoms.